The molecular weight excluding hydrogens is 260 g/mol. The summed E-state index contributed by atoms with van der Waals surface area (Å²) < 4.78 is 0. The van der Waals surface area contributed by atoms with Crippen LogP contribution in [0.4, 0.5) is 0 Å². The monoisotopic (exact) mass is 276 g/mol. The Bertz CT molecular complexity index is 585. The molecule has 1 heterocycles. The van der Waals surface area contributed by atoms with Gasteiger partial charge in [-0.05, 0) is 18.4 Å². The number of benzene rings is 1. The summed E-state index contributed by atoms with van der Waals surface area (Å²) >= 11 is 6.70. The lowest BCUT2D eigenvalue weighted by atomic mass is 10.1. The normalized spacial score (nSPS) is 10.9. The van der Waals surface area contributed by atoms with Gasteiger partial charge in [0, 0.05) is 5.56 Å². The average Bonchev–Trinajstić information content (AvgIpc) is 2.74. The van der Waals surface area contributed by atoms with Gasteiger partial charge in [-0.2, -0.15) is 0 Å². The van der Waals surface area contributed by atoms with Crippen LogP contribution in [0.2, 0.25) is 0 Å². The zero-order valence-corrected chi connectivity index (χ0v) is 12.4. The van der Waals surface area contributed by atoms with Crippen LogP contribution >= 0.6 is 23.6 Å². The van der Waals surface area contributed by atoms with E-state index >= 15 is 0 Å². The summed E-state index contributed by atoms with van der Waals surface area (Å²) in [4.78, 5) is 6.10. The molecule has 4 heteroatoms. The fraction of sp³-hybridized carbons (Fsp3) is 0.286. The van der Waals surface area contributed by atoms with E-state index in [-0.39, 0.29) is 0 Å². The Balaban J connectivity index is 2.57. The van der Waals surface area contributed by atoms with E-state index in [1.807, 2.05) is 12.1 Å². The van der Waals surface area contributed by atoms with Gasteiger partial charge in [0.25, 0.3) is 0 Å². The minimum atomic E-state index is 0.329. The molecule has 18 heavy (non-hydrogen) atoms. The van der Waals surface area contributed by atoms with Gasteiger partial charge in [0.05, 0.1) is 10.6 Å². The van der Waals surface area contributed by atoms with Crippen molar-refractivity contribution in [2.75, 3.05) is 0 Å². The van der Waals surface area contributed by atoms with E-state index in [0.717, 1.165) is 21.1 Å². The van der Waals surface area contributed by atoms with Crippen molar-refractivity contribution in [3.8, 4) is 10.6 Å². The molecule has 0 saturated carbocycles. The van der Waals surface area contributed by atoms with E-state index in [1.165, 1.54) is 5.56 Å². The maximum Gasteiger partial charge on any atom is 0.124 e. The molecule has 0 aliphatic rings. The fourth-order valence-electron chi connectivity index (χ4n) is 1.83. The van der Waals surface area contributed by atoms with Crippen molar-refractivity contribution in [2.24, 2.45) is 5.73 Å². The SMILES string of the molecule is Cc1ccccc1-c1nc(C(C)C)c(C(N)=S)s1. The van der Waals surface area contributed by atoms with Crippen LogP contribution in [0.5, 0.6) is 0 Å². The minimum absolute atomic E-state index is 0.329. The third-order valence-electron chi connectivity index (χ3n) is 2.80. The molecular formula is C14H16N2S2. The Morgan fingerprint density at radius 1 is 1.33 bits per heavy atom. The van der Waals surface area contributed by atoms with E-state index < -0.39 is 0 Å². The van der Waals surface area contributed by atoms with Gasteiger partial charge in [0.2, 0.25) is 0 Å². The summed E-state index contributed by atoms with van der Waals surface area (Å²) in [6, 6.07) is 8.23. The van der Waals surface area contributed by atoms with Crippen LogP contribution in [0.1, 0.15) is 35.9 Å². The van der Waals surface area contributed by atoms with Gasteiger partial charge in [0.1, 0.15) is 10.00 Å². The molecule has 0 unspecified atom stereocenters. The molecule has 94 valence electrons. The van der Waals surface area contributed by atoms with E-state index in [4.69, 9.17) is 22.9 Å². The second-order valence-corrected chi connectivity index (χ2v) is 6.01. The van der Waals surface area contributed by atoms with Crippen LogP contribution in [-0.4, -0.2) is 9.97 Å². The number of aryl methyl sites for hydroxylation is 1. The summed E-state index contributed by atoms with van der Waals surface area (Å²) in [7, 11) is 0. The predicted molar refractivity (Wildman–Crippen MR) is 82.3 cm³/mol. The molecule has 0 amide bonds. The maximum atomic E-state index is 5.78. The van der Waals surface area contributed by atoms with Gasteiger partial charge >= 0.3 is 0 Å². The molecule has 0 fully saturated rings. The van der Waals surface area contributed by atoms with E-state index in [2.05, 4.69) is 32.9 Å². The summed E-state index contributed by atoms with van der Waals surface area (Å²) in [5, 5.41) is 1.000. The Kier molecular flexibility index (Phi) is 3.78. The van der Waals surface area contributed by atoms with E-state index in [0.29, 0.717) is 10.9 Å². The van der Waals surface area contributed by atoms with Gasteiger partial charge in [-0.15, -0.1) is 11.3 Å². The van der Waals surface area contributed by atoms with Crippen molar-refractivity contribution >= 4 is 28.5 Å². The number of hydrogen-bond donors (Lipinski definition) is 1. The predicted octanol–water partition coefficient (Wildman–Crippen LogP) is 3.88. The number of rotatable bonds is 3. The molecule has 0 aliphatic carbocycles. The Labute approximate surface area is 117 Å². The second kappa shape index (κ2) is 5.16. The zero-order valence-electron chi connectivity index (χ0n) is 10.7. The molecule has 1 aromatic carbocycles. The molecule has 2 nitrogen and oxygen atoms in total. The smallest absolute Gasteiger partial charge is 0.124 e. The lowest BCUT2D eigenvalue weighted by Gasteiger charge is -2.02. The van der Waals surface area contributed by atoms with Crippen molar-refractivity contribution in [1.82, 2.24) is 4.98 Å². The van der Waals surface area contributed by atoms with Gasteiger partial charge in [-0.1, -0.05) is 50.3 Å². The first-order chi connectivity index (χ1) is 8.50. The summed E-state index contributed by atoms with van der Waals surface area (Å²) in [6.45, 7) is 6.31. The number of thiocarbonyl (C=S) groups is 1. The summed E-state index contributed by atoms with van der Waals surface area (Å²) in [5.74, 6) is 0.329. The summed E-state index contributed by atoms with van der Waals surface area (Å²) in [6.07, 6.45) is 0. The quantitative estimate of drug-likeness (QED) is 0.865. The zero-order chi connectivity index (χ0) is 13.3. The van der Waals surface area contributed by atoms with Crippen molar-refractivity contribution in [3.05, 3.63) is 40.4 Å². The largest absolute Gasteiger partial charge is 0.389 e. The third kappa shape index (κ3) is 2.44. The van der Waals surface area contributed by atoms with Gasteiger partial charge in [0.15, 0.2) is 0 Å². The Morgan fingerprint density at radius 2 is 2.00 bits per heavy atom. The number of aromatic nitrogens is 1. The highest BCUT2D eigenvalue weighted by molar-refractivity contribution is 7.81. The second-order valence-electron chi connectivity index (χ2n) is 4.57. The standard InChI is InChI=1S/C14H16N2S2/c1-8(2)11-12(13(15)17)18-14(16-11)10-7-5-4-6-9(10)3/h4-8H,1-3H3,(H2,15,17). The number of nitrogens with two attached hydrogens (primary N) is 1. The van der Waals surface area contributed by atoms with Crippen LogP contribution in [0.3, 0.4) is 0 Å². The Hall–Kier alpha value is -1.26. The van der Waals surface area contributed by atoms with Crippen LogP contribution in [0.15, 0.2) is 24.3 Å². The van der Waals surface area contributed by atoms with Crippen LogP contribution < -0.4 is 5.73 Å². The molecule has 2 N–H and O–H groups in total. The first-order valence-electron chi connectivity index (χ1n) is 5.87. The van der Waals surface area contributed by atoms with Crippen molar-refractivity contribution in [2.45, 2.75) is 26.7 Å². The lowest BCUT2D eigenvalue weighted by Crippen LogP contribution is -2.10. The highest BCUT2D eigenvalue weighted by Gasteiger charge is 2.17. The van der Waals surface area contributed by atoms with E-state index in [1.54, 1.807) is 11.3 Å². The molecule has 0 saturated heterocycles. The molecule has 0 atom stereocenters. The molecule has 0 spiro atoms. The molecule has 0 bridgehead atoms. The molecule has 0 aliphatic heterocycles. The number of nitrogens with zero attached hydrogens (tertiary/aromatic N) is 1. The minimum Gasteiger partial charge on any atom is -0.389 e. The molecule has 1 aromatic heterocycles. The molecule has 2 aromatic rings. The first-order valence-corrected chi connectivity index (χ1v) is 7.09. The van der Waals surface area contributed by atoms with Crippen LogP contribution in [0.25, 0.3) is 10.6 Å². The average molecular weight is 276 g/mol. The fourth-order valence-corrected chi connectivity index (χ4v) is 3.22. The van der Waals surface area contributed by atoms with Gasteiger partial charge in [-0.25, -0.2) is 4.98 Å². The number of hydrogen-bond acceptors (Lipinski definition) is 3. The highest BCUT2D eigenvalue weighted by Crippen LogP contribution is 2.33. The Morgan fingerprint density at radius 3 is 2.50 bits per heavy atom. The van der Waals surface area contributed by atoms with Crippen molar-refractivity contribution in [3.63, 3.8) is 0 Å². The molecule has 0 radical (unpaired) electrons. The molecule has 2 rings (SSSR count). The highest BCUT2D eigenvalue weighted by atomic mass is 32.1. The lowest BCUT2D eigenvalue weighted by molar-refractivity contribution is 0.832. The topological polar surface area (TPSA) is 38.9 Å². The summed E-state index contributed by atoms with van der Waals surface area (Å²) in [5.41, 5.74) is 9.17. The van der Waals surface area contributed by atoms with E-state index in [9.17, 15) is 0 Å². The van der Waals surface area contributed by atoms with Crippen molar-refractivity contribution in [1.29, 1.82) is 0 Å². The first kappa shape index (κ1) is 13.2. The number of thiazole rings is 1. The van der Waals surface area contributed by atoms with Crippen LogP contribution in [-0.2, 0) is 0 Å². The van der Waals surface area contributed by atoms with Crippen molar-refractivity contribution < 1.29 is 0 Å². The van der Waals surface area contributed by atoms with Gasteiger partial charge in [-0.3, -0.25) is 0 Å². The maximum absolute atomic E-state index is 5.78. The third-order valence-corrected chi connectivity index (χ3v) is 4.27. The van der Waals surface area contributed by atoms with Crippen LogP contribution in [0, 0.1) is 6.92 Å². The van der Waals surface area contributed by atoms with Gasteiger partial charge < -0.3 is 5.73 Å².